The SMILES string of the molecule is CCOC(=O)N1CCN(c2nccc(Nc3ccc(OC(C)C)cc3)n2)CC1. The quantitative estimate of drug-likeness (QED) is 0.817. The van der Waals surface area contributed by atoms with E-state index in [2.05, 4.69) is 20.2 Å². The highest BCUT2D eigenvalue weighted by atomic mass is 16.6. The summed E-state index contributed by atoms with van der Waals surface area (Å²) in [6, 6.07) is 9.60. The van der Waals surface area contributed by atoms with E-state index in [0.717, 1.165) is 17.3 Å². The minimum atomic E-state index is -0.261. The van der Waals surface area contributed by atoms with Crippen molar-refractivity contribution >= 4 is 23.5 Å². The van der Waals surface area contributed by atoms with E-state index in [-0.39, 0.29) is 12.2 Å². The molecule has 3 rings (SSSR count). The lowest BCUT2D eigenvalue weighted by Gasteiger charge is -2.34. The van der Waals surface area contributed by atoms with Crippen molar-refractivity contribution in [3.8, 4) is 5.75 Å². The third-order valence-electron chi connectivity index (χ3n) is 4.23. The molecule has 0 bridgehead atoms. The molecular weight excluding hydrogens is 358 g/mol. The van der Waals surface area contributed by atoms with Crippen LogP contribution in [0.25, 0.3) is 0 Å². The number of hydrogen-bond donors (Lipinski definition) is 1. The second-order valence-electron chi connectivity index (χ2n) is 6.73. The molecule has 1 aromatic carbocycles. The number of amides is 1. The van der Waals surface area contributed by atoms with Crippen molar-refractivity contribution in [3.05, 3.63) is 36.5 Å². The van der Waals surface area contributed by atoms with Crippen LogP contribution in [0.4, 0.5) is 22.2 Å². The molecule has 8 heteroatoms. The van der Waals surface area contributed by atoms with E-state index in [9.17, 15) is 4.79 Å². The summed E-state index contributed by atoms with van der Waals surface area (Å²) in [4.78, 5) is 24.6. The van der Waals surface area contributed by atoms with Gasteiger partial charge in [-0.25, -0.2) is 9.78 Å². The van der Waals surface area contributed by atoms with Crippen LogP contribution < -0.4 is 15.0 Å². The maximum atomic E-state index is 11.8. The van der Waals surface area contributed by atoms with Gasteiger partial charge in [0.1, 0.15) is 11.6 Å². The summed E-state index contributed by atoms with van der Waals surface area (Å²) in [5.41, 5.74) is 0.924. The number of piperazine rings is 1. The number of benzene rings is 1. The predicted octanol–water partition coefficient (Wildman–Crippen LogP) is 3.29. The smallest absolute Gasteiger partial charge is 0.409 e. The number of rotatable bonds is 6. The van der Waals surface area contributed by atoms with Crippen molar-refractivity contribution in [2.75, 3.05) is 43.0 Å². The maximum absolute atomic E-state index is 11.8. The lowest BCUT2D eigenvalue weighted by molar-refractivity contribution is 0.105. The standard InChI is InChI=1S/C20H27N5O3/c1-4-27-20(26)25-13-11-24(12-14-25)19-21-10-9-18(23-19)22-16-5-7-17(8-6-16)28-15(2)3/h5-10,15H,4,11-14H2,1-3H3,(H,21,22,23). The van der Waals surface area contributed by atoms with Gasteiger partial charge in [-0.3, -0.25) is 0 Å². The van der Waals surface area contributed by atoms with Gasteiger partial charge in [-0.1, -0.05) is 0 Å². The molecule has 0 unspecified atom stereocenters. The fourth-order valence-corrected chi connectivity index (χ4v) is 2.91. The first-order chi connectivity index (χ1) is 13.5. The van der Waals surface area contributed by atoms with Gasteiger partial charge in [-0.2, -0.15) is 4.98 Å². The van der Waals surface area contributed by atoms with E-state index >= 15 is 0 Å². The second-order valence-corrected chi connectivity index (χ2v) is 6.73. The van der Waals surface area contributed by atoms with Crippen LogP contribution >= 0.6 is 0 Å². The topological polar surface area (TPSA) is 79.8 Å². The first kappa shape index (κ1) is 19.7. The Labute approximate surface area is 165 Å². The van der Waals surface area contributed by atoms with Crippen molar-refractivity contribution in [3.63, 3.8) is 0 Å². The van der Waals surface area contributed by atoms with Crippen molar-refractivity contribution in [1.29, 1.82) is 0 Å². The van der Waals surface area contributed by atoms with Crippen LogP contribution in [0.1, 0.15) is 20.8 Å². The van der Waals surface area contributed by atoms with Crippen LogP contribution in [-0.2, 0) is 4.74 Å². The predicted molar refractivity (Wildman–Crippen MR) is 108 cm³/mol. The average molecular weight is 385 g/mol. The summed E-state index contributed by atoms with van der Waals surface area (Å²) in [6.07, 6.45) is 1.62. The Morgan fingerprint density at radius 1 is 1.14 bits per heavy atom. The minimum absolute atomic E-state index is 0.146. The number of aromatic nitrogens is 2. The summed E-state index contributed by atoms with van der Waals surface area (Å²) in [5, 5.41) is 3.29. The maximum Gasteiger partial charge on any atom is 0.409 e. The van der Waals surface area contributed by atoms with Gasteiger partial charge >= 0.3 is 6.09 Å². The van der Waals surface area contributed by atoms with Crippen molar-refractivity contribution < 1.29 is 14.3 Å². The number of nitrogens with one attached hydrogen (secondary N) is 1. The van der Waals surface area contributed by atoms with Gasteiger partial charge in [-0.15, -0.1) is 0 Å². The van der Waals surface area contributed by atoms with Crippen LogP contribution in [0.15, 0.2) is 36.5 Å². The lowest BCUT2D eigenvalue weighted by Crippen LogP contribution is -2.49. The van der Waals surface area contributed by atoms with Gasteiger partial charge in [0.05, 0.1) is 12.7 Å². The molecule has 0 aliphatic carbocycles. The van der Waals surface area contributed by atoms with E-state index in [1.807, 2.05) is 51.1 Å². The summed E-state index contributed by atoms with van der Waals surface area (Å²) >= 11 is 0. The summed E-state index contributed by atoms with van der Waals surface area (Å²) in [7, 11) is 0. The van der Waals surface area contributed by atoms with E-state index in [4.69, 9.17) is 9.47 Å². The molecule has 1 N–H and O–H groups in total. The van der Waals surface area contributed by atoms with E-state index in [1.165, 1.54) is 0 Å². The minimum Gasteiger partial charge on any atom is -0.491 e. The van der Waals surface area contributed by atoms with Gasteiger partial charge in [0, 0.05) is 38.1 Å². The number of ether oxygens (including phenoxy) is 2. The number of carbonyl (C=O) groups is 1. The highest BCUT2D eigenvalue weighted by Crippen LogP contribution is 2.21. The Kier molecular flexibility index (Phi) is 6.52. The average Bonchev–Trinajstić information content (AvgIpc) is 2.70. The van der Waals surface area contributed by atoms with E-state index in [0.29, 0.717) is 38.7 Å². The molecule has 1 aliphatic heterocycles. The number of nitrogens with zero attached hydrogens (tertiary/aromatic N) is 4. The third-order valence-corrected chi connectivity index (χ3v) is 4.23. The number of anilines is 3. The molecule has 0 radical (unpaired) electrons. The monoisotopic (exact) mass is 385 g/mol. The Bertz CT molecular complexity index is 774. The molecule has 2 heterocycles. The third kappa shape index (κ3) is 5.25. The summed E-state index contributed by atoms with van der Waals surface area (Å²) in [5.74, 6) is 2.20. The van der Waals surface area contributed by atoms with Gasteiger partial charge in [0.15, 0.2) is 0 Å². The van der Waals surface area contributed by atoms with Crippen LogP contribution in [0.5, 0.6) is 5.75 Å². The van der Waals surface area contributed by atoms with Gasteiger partial charge in [-0.05, 0) is 51.1 Å². The fraction of sp³-hybridized carbons (Fsp3) is 0.450. The molecule has 0 saturated carbocycles. The Morgan fingerprint density at radius 3 is 2.50 bits per heavy atom. The lowest BCUT2D eigenvalue weighted by atomic mass is 10.3. The Morgan fingerprint density at radius 2 is 1.86 bits per heavy atom. The Balaban J connectivity index is 1.59. The van der Waals surface area contributed by atoms with Crippen LogP contribution in [0.2, 0.25) is 0 Å². The molecule has 1 saturated heterocycles. The zero-order chi connectivity index (χ0) is 19.9. The highest BCUT2D eigenvalue weighted by molar-refractivity contribution is 5.68. The molecule has 8 nitrogen and oxygen atoms in total. The molecule has 0 spiro atoms. The molecule has 1 aromatic heterocycles. The zero-order valence-electron chi connectivity index (χ0n) is 16.6. The fourth-order valence-electron chi connectivity index (χ4n) is 2.91. The van der Waals surface area contributed by atoms with Crippen LogP contribution in [0, 0.1) is 0 Å². The largest absolute Gasteiger partial charge is 0.491 e. The van der Waals surface area contributed by atoms with Gasteiger partial charge in [0.2, 0.25) is 5.95 Å². The van der Waals surface area contributed by atoms with Crippen LogP contribution in [0.3, 0.4) is 0 Å². The summed E-state index contributed by atoms with van der Waals surface area (Å²) < 4.78 is 10.7. The molecule has 1 amide bonds. The highest BCUT2D eigenvalue weighted by Gasteiger charge is 2.23. The Hall–Kier alpha value is -3.03. The first-order valence-electron chi connectivity index (χ1n) is 9.58. The number of carbonyl (C=O) groups excluding carboxylic acids is 1. The molecule has 28 heavy (non-hydrogen) atoms. The number of hydrogen-bond acceptors (Lipinski definition) is 7. The normalized spacial score (nSPS) is 14.1. The molecule has 2 aromatic rings. The van der Waals surface area contributed by atoms with Gasteiger partial charge < -0.3 is 24.6 Å². The molecular formula is C20H27N5O3. The van der Waals surface area contributed by atoms with Crippen molar-refractivity contribution in [2.24, 2.45) is 0 Å². The van der Waals surface area contributed by atoms with E-state index in [1.54, 1.807) is 11.1 Å². The molecule has 150 valence electrons. The van der Waals surface area contributed by atoms with Crippen LogP contribution in [-0.4, -0.2) is 59.9 Å². The summed E-state index contributed by atoms with van der Waals surface area (Å²) in [6.45, 7) is 8.73. The first-order valence-corrected chi connectivity index (χ1v) is 9.58. The second kappa shape index (κ2) is 9.25. The van der Waals surface area contributed by atoms with Crippen molar-refractivity contribution in [1.82, 2.24) is 14.9 Å². The molecule has 0 atom stereocenters. The van der Waals surface area contributed by atoms with Crippen molar-refractivity contribution in [2.45, 2.75) is 26.9 Å². The zero-order valence-corrected chi connectivity index (χ0v) is 16.6. The molecule has 1 fully saturated rings. The van der Waals surface area contributed by atoms with E-state index < -0.39 is 0 Å². The van der Waals surface area contributed by atoms with Gasteiger partial charge in [0.25, 0.3) is 0 Å². The molecule has 1 aliphatic rings.